The van der Waals surface area contributed by atoms with Gasteiger partial charge in [-0.3, -0.25) is 4.79 Å². The van der Waals surface area contributed by atoms with Gasteiger partial charge in [-0.25, -0.2) is 0 Å². The molecule has 4 rings (SSSR count). The zero-order valence-corrected chi connectivity index (χ0v) is 15.7. The van der Waals surface area contributed by atoms with Crippen molar-refractivity contribution < 1.29 is 24.9 Å². The molecule has 1 amide bonds. The van der Waals surface area contributed by atoms with Crippen molar-refractivity contribution in [3.63, 3.8) is 0 Å². The number of aliphatic hydroxyl groups is 1. The van der Waals surface area contributed by atoms with Crippen molar-refractivity contribution >= 4 is 5.91 Å². The fourth-order valence-electron chi connectivity index (χ4n) is 3.54. The monoisotopic (exact) mass is 391 g/mol. The van der Waals surface area contributed by atoms with Gasteiger partial charge in [-0.2, -0.15) is 0 Å². The molecule has 29 heavy (non-hydrogen) atoms. The van der Waals surface area contributed by atoms with Gasteiger partial charge in [0.2, 0.25) is 0 Å². The van der Waals surface area contributed by atoms with E-state index < -0.39 is 12.0 Å². The van der Waals surface area contributed by atoms with Crippen molar-refractivity contribution in [3.8, 4) is 17.2 Å². The molecule has 1 unspecified atom stereocenters. The van der Waals surface area contributed by atoms with Crippen molar-refractivity contribution in [2.24, 2.45) is 0 Å². The summed E-state index contributed by atoms with van der Waals surface area (Å²) in [5.41, 5.74) is 2.50. The number of β-amino-alcohol motifs (C(OH)–C–C–N with tert-alkyl or cyclic N) is 1. The quantitative estimate of drug-likeness (QED) is 0.634. The van der Waals surface area contributed by atoms with E-state index in [1.807, 2.05) is 54.6 Å². The van der Waals surface area contributed by atoms with Crippen LogP contribution >= 0.6 is 0 Å². The molecule has 3 aromatic carbocycles. The van der Waals surface area contributed by atoms with E-state index in [2.05, 4.69) is 0 Å². The second-order valence-electron chi connectivity index (χ2n) is 7.01. The molecule has 0 bridgehead atoms. The summed E-state index contributed by atoms with van der Waals surface area (Å²) in [4.78, 5) is 14.7. The summed E-state index contributed by atoms with van der Waals surface area (Å²) >= 11 is 0. The minimum atomic E-state index is -0.808. The van der Waals surface area contributed by atoms with Crippen molar-refractivity contribution in [2.45, 2.75) is 19.3 Å². The van der Waals surface area contributed by atoms with Crippen LogP contribution in [-0.4, -0.2) is 32.7 Å². The van der Waals surface area contributed by atoms with Crippen LogP contribution in [0.2, 0.25) is 0 Å². The molecule has 0 radical (unpaired) electrons. The van der Waals surface area contributed by atoms with Crippen LogP contribution in [0.15, 0.2) is 66.7 Å². The number of aliphatic hydroxyl groups excluding tert-OH is 1. The van der Waals surface area contributed by atoms with E-state index in [0.29, 0.717) is 6.54 Å². The second kappa shape index (κ2) is 7.85. The Labute approximate surface area is 168 Å². The van der Waals surface area contributed by atoms with E-state index in [0.717, 1.165) is 22.8 Å². The van der Waals surface area contributed by atoms with Gasteiger partial charge >= 0.3 is 0 Å². The number of amides is 1. The van der Waals surface area contributed by atoms with Gasteiger partial charge < -0.3 is 25.0 Å². The molecule has 3 aromatic rings. The Kier molecular flexibility index (Phi) is 5.10. The number of carbonyl (C=O) groups excluding carboxylic acids is 1. The van der Waals surface area contributed by atoms with Gasteiger partial charge in [0, 0.05) is 18.7 Å². The van der Waals surface area contributed by atoms with Gasteiger partial charge in [0.25, 0.3) is 5.91 Å². The molecule has 6 heteroatoms. The minimum Gasteiger partial charge on any atom is -0.508 e. The number of fused-ring (bicyclic) bond motifs is 1. The number of benzene rings is 3. The Morgan fingerprint density at radius 1 is 1.03 bits per heavy atom. The first-order chi connectivity index (χ1) is 14.0. The maximum absolute atomic E-state index is 13.2. The third-order valence-corrected chi connectivity index (χ3v) is 4.97. The molecule has 0 saturated carbocycles. The Morgan fingerprint density at radius 2 is 1.76 bits per heavy atom. The molecule has 6 nitrogen and oxygen atoms in total. The van der Waals surface area contributed by atoms with E-state index in [-0.39, 0.29) is 36.0 Å². The average molecular weight is 391 g/mol. The van der Waals surface area contributed by atoms with Crippen molar-refractivity contribution in [2.75, 3.05) is 6.54 Å². The fraction of sp³-hybridized carbons (Fsp3) is 0.174. The first-order valence-corrected chi connectivity index (χ1v) is 9.31. The lowest BCUT2D eigenvalue weighted by atomic mass is 9.96. The minimum absolute atomic E-state index is 0.0367. The van der Waals surface area contributed by atoms with Gasteiger partial charge in [-0.15, -0.1) is 0 Å². The summed E-state index contributed by atoms with van der Waals surface area (Å²) in [6, 6.07) is 19.2. The highest BCUT2D eigenvalue weighted by atomic mass is 16.5. The normalized spacial score (nSPS) is 15.6. The molecular formula is C23H21NO5. The Hall–Kier alpha value is -3.51. The fourth-order valence-corrected chi connectivity index (χ4v) is 3.54. The predicted octanol–water partition coefficient (Wildman–Crippen LogP) is 3.37. The molecule has 3 N–H and O–H groups in total. The molecule has 1 aliphatic rings. The number of hydrogen-bond donors (Lipinski definition) is 3. The van der Waals surface area contributed by atoms with E-state index in [4.69, 9.17) is 4.74 Å². The second-order valence-corrected chi connectivity index (χ2v) is 7.01. The van der Waals surface area contributed by atoms with Gasteiger partial charge in [-0.1, -0.05) is 54.6 Å². The highest BCUT2D eigenvalue weighted by molar-refractivity contribution is 6.00. The maximum atomic E-state index is 13.2. The van der Waals surface area contributed by atoms with Crippen molar-refractivity contribution in [3.05, 3.63) is 89.0 Å². The third kappa shape index (κ3) is 3.88. The zero-order valence-electron chi connectivity index (χ0n) is 15.7. The Morgan fingerprint density at radius 3 is 2.55 bits per heavy atom. The number of hydrogen-bond acceptors (Lipinski definition) is 5. The number of aromatic hydroxyl groups is 2. The van der Waals surface area contributed by atoms with E-state index >= 15 is 0 Å². The summed E-state index contributed by atoms with van der Waals surface area (Å²) in [6.07, 6.45) is -0.808. The SMILES string of the molecule is O=C(c1c(O)cc(O)cc1OCc1ccccc1)N1Cc2ccccc2C(O)C1. The van der Waals surface area contributed by atoms with Crippen LogP contribution < -0.4 is 4.74 Å². The lowest BCUT2D eigenvalue weighted by Gasteiger charge is -2.32. The first-order valence-electron chi connectivity index (χ1n) is 9.31. The Bertz CT molecular complexity index is 1030. The van der Waals surface area contributed by atoms with Gasteiger partial charge in [0.05, 0.1) is 12.6 Å². The molecule has 0 spiro atoms. The van der Waals surface area contributed by atoms with Gasteiger partial charge in [-0.05, 0) is 16.7 Å². The molecular weight excluding hydrogens is 370 g/mol. The molecule has 148 valence electrons. The van der Waals surface area contributed by atoms with Gasteiger partial charge in [0.15, 0.2) is 0 Å². The van der Waals surface area contributed by atoms with Crippen LogP contribution in [0.4, 0.5) is 0 Å². The smallest absolute Gasteiger partial charge is 0.261 e. The van der Waals surface area contributed by atoms with Crippen LogP contribution in [0.25, 0.3) is 0 Å². The van der Waals surface area contributed by atoms with Crippen LogP contribution in [0.3, 0.4) is 0 Å². The van der Waals surface area contributed by atoms with Crippen molar-refractivity contribution in [1.82, 2.24) is 4.90 Å². The van der Waals surface area contributed by atoms with Crippen LogP contribution in [0.1, 0.15) is 33.2 Å². The molecule has 1 aliphatic heterocycles. The highest BCUT2D eigenvalue weighted by Crippen LogP contribution is 2.36. The maximum Gasteiger partial charge on any atom is 0.261 e. The van der Waals surface area contributed by atoms with Crippen LogP contribution in [0, 0.1) is 0 Å². The molecule has 1 atom stereocenters. The van der Waals surface area contributed by atoms with E-state index in [1.54, 1.807) is 0 Å². The van der Waals surface area contributed by atoms with Gasteiger partial charge in [0.1, 0.15) is 29.4 Å². The summed E-state index contributed by atoms with van der Waals surface area (Å²) in [7, 11) is 0. The number of carbonyl (C=O) groups is 1. The number of ether oxygens (including phenoxy) is 1. The third-order valence-electron chi connectivity index (χ3n) is 4.97. The summed E-state index contributed by atoms with van der Waals surface area (Å²) in [5, 5.41) is 30.7. The lowest BCUT2D eigenvalue weighted by molar-refractivity contribution is 0.0543. The molecule has 0 aromatic heterocycles. The summed E-state index contributed by atoms with van der Waals surface area (Å²) in [6.45, 7) is 0.592. The number of rotatable bonds is 4. The largest absolute Gasteiger partial charge is 0.508 e. The lowest BCUT2D eigenvalue weighted by Crippen LogP contribution is -2.38. The van der Waals surface area contributed by atoms with Crippen LogP contribution in [-0.2, 0) is 13.2 Å². The molecule has 1 heterocycles. The van der Waals surface area contributed by atoms with E-state index in [1.165, 1.54) is 11.0 Å². The number of phenolic OH excluding ortho intramolecular Hbond substituents is 2. The zero-order chi connectivity index (χ0) is 20.4. The van der Waals surface area contributed by atoms with Crippen molar-refractivity contribution in [1.29, 1.82) is 0 Å². The number of phenols is 2. The molecule has 0 aliphatic carbocycles. The summed E-state index contributed by atoms with van der Waals surface area (Å²) < 4.78 is 5.76. The topological polar surface area (TPSA) is 90.2 Å². The van der Waals surface area contributed by atoms with E-state index in [9.17, 15) is 20.1 Å². The molecule has 0 fully saturated rings. The van der Waals surface area contributed by atoms with Crippen LogP contribution in [0.5, 0.6) is 17.2 Å². The average Bonchev–Trinajstić information content (AvgIpc) is 2.72. The molecule has 0 saturated heterocycles. The highest BCUT2D eigenvalue weighted by Gasteiger charge is 2.30. The first kappa shape index (κ1) is 18.8. The standard InChI is InChI=1S/C23H21NO5/c25-17-10-19(26)22(21(11-17)29-14-15-6-2-1-3-7-15)23(28)24-12-16-8-4-5-9-18(16)20(27)13-24/h1-11,20,25-27H,12-14H2. The Balaban J connectivity index is 1.63. The predicted molar refractivity (Wildman–Crippen MR) is 107 cm³/mol. The number of nitrogens with zero attached hydrogens (tertiary/aromatic N) is 1. The summed E-state index contributed by atoms with van der Waals surface area (Å²) in [5.74, 6) is -0.957.